The van der Waals surface area contributed by atoms with Crippen LogP contribution in [0.1, 0.15) is 25.0 Å². The van der Waals surface area contributed by atoms with Crippen molar-refractivity contribution < 1.29 is 0 Å². The minimum atomic E-state index is 0.706. The molecule has 0 saturated heterocycles. The average molecular weight is 248 g/mol. The molecule has 0 aliphatic rings. The Morgan fingerprint density at radius 3 is 2.21 bits per heavy atom. The van der Waals surface area contributed by atoms with Crippen LogP contribution in [-0.4, -0.2) is 0 Å². The molecule has 3 aromatic rings. The van der Waals surface area contributed by atoms with Gasteiger partial charge in [0, 0.05) is 0 Å². The Hall–Kier alpha value is -1.82. The lowest BCUT2D eigenvalue weighted by Gasteiger charge is -2.10. The van der Waals surface area contributed by atoms with Crippen LogP contribution in [-0.2, 0) is 6.42 Å². The minimum Gasteiger partial charge on any atom is -0.0625 e. The number of hydrogen-bond acceptors (Lipinski definition) is 0. The van der Waals surface area contributed by atoms with E-state index in [0.29, 0.717) is 5.92 Å². The molecular formula is C19H20. The van der Waals surface area contributed by atoms with Gasteiger partial charge in [0.15, 0.2) is 0 Å². The number of aryl methyl sites for hydroxylation is 1. The maximum absolute atomic E-state index is 2.36. The summed E-state index contributed by atoms with van der Waals surface area (Å²) in [5.41, 5.74) is 2.84. The second-order valence-corrected chi connectivity index (χ2v) is 5.93. The minimum absolute atomic E-state index is 0.706. The second kappa shape index (κ2) is 4.70. The van der Waals surface area contributed by atoms with Crippen LogP contribution in [0.5, 0.6) is 0 Å². The van der Waals surface area contributed by atoms with Crippen molar-refractivity contribution in [2.24, 2.45) is 5.92 Å². The summed E-state index contributed by atoms with van der Waals surface area (Å²) in [6.45, 7) is 6.78. The Morgan fingerprint density at radius 1 is 0.842 bits per heavy atom. The zero-order valence-electron chi connectivity index (χ0n) is 11.9. The molecule has 0 unspecified atom stereocenters. The van der Waals surface area contributed by atoms with E-state index in [-0.39, 0.29) is 0 Å². The molecule has 0 spiro atoms. The first kappa shape index (κ1) is 12.2. The van der Waals surface area contributed by atoms with Crippen LogP contribution >= 0.6 is 0 Å². The lowest BCUT2D eigenvalue weighted by Crippen LogP contribution is -1.95. The van der Waals surface area contributed by atoms with Crippen molar-refractivity contribution in [1.29, 1.82) is 0 Å². The summed E-state index contributed by atoms with van der Waals surface area (Å²) in [6.07, 6.45) is 1.16. The predicted octanol–water partition coefficient (Wildman–Crippen LogP) is 5.50. The van der Waals surface area contributed by atoms with Gasteiger partial charge in [-0.15, -0.1) is 0 Å². The molecule has 0 aliphatic carbocycles. The predicted molar refractivity (Wildman–Crippen MR) is 84.7 cm³/mol. The van der Waals surface area contributed by atoms with Crippen molar-refractivity contribution in [3.05, 3.63) is 59.7 Å². The Balaban J connectivity index is 2.25. The zero-order chi connectivity index (χ0) is 13.4. The molecule has 0 saturated carbocycles. The van der Waals surface area contributed by atoms with Gasteiger partial charge in [0.2, 0.25) is 0 Å². The first-order chi connectivity index (χ1) is 9.13. The molecule has 0 fully saturated rings. The highest BCUT2D eigenvalue weighted by Gasteiger charge is 2.04. The van der Waals surface area contributed by atoms with E-state index in [1.54, 1.807) is 0 Å². The molecule has 19 heavy (non-hydrogen) atoms. The summed E-state index contributed by atoms with van der Waals surface area (Å²) < 4.78 is 0. The standard InChI is InChI=1S/C19H20/c1-13(2)8-15-9-14(3)19-12-17-7-5-4-6-16(17)11-18(19)10-15/h4-7,9-13H,8H2,1-3H3. The van der Waals surface area contributed by atoms with E-state index in [2.05, 4.69) is 69.3 Å². The van der Waals surface area contributed by atoms with E-state index in [0.717, 1.165) is 6.42 Å². The third-order valence-corrected chi connectivity index (χ3v) is 3.73. The van der Waals surface area contributed by atoms with E-state index in [1.807, 2.05) is 0 Å². The van der Waals surface area contributed by atoms with Crippen LogP contribution in [0.25, 0.3) is 21.5 Å². The average Bonchev–Trinajstić information content (AvgIpc) is 2.36. The molecule has 0 nitrogen and oxygen atoms in total. The topological polar surface area (TPSA) is 0 Å². The molecule has 3 rings (SSSR count). The third kappa shape index (κ3) is 2.35. The lowest BCUT2D eigenvalue weighted by molar-refractivity contribution is 0.647. The highest BCUT2D eigenvalue weighted by molar-refractivity contribution is 5.99. The molecule has 0 N–H and O–H groups in total. The van der Waals surface area contributed by atoms with E-state index in [9.17, 15) is 0 Å². The first-order valence-corrected chi connectivity index (χ1v) is 7.05. The Morgan fingerprint density at radius 2 is 1.53 bits per heavy atom. The molecule has 0 atom stereocenters. The van der Waals surface area contributed by atoms with Crippen LogP contribution in [0.3, 0.4) is 0 Å². The van der Waals surface area contributed by atoms with Gasteiger partial charge in [-0.2, -0.15) is 0 Å². The van der Waals surface area contributed by atoms with Crippen LogP contribution in [0.2, 0.25) is 0 Å². The van der Waals surface area contributed by atoms with Crippen molar-refractivity contribution in [2.45, 2.75) is 27.2 Å². The molecule has 0 amide bonds. The van der Waals surface area contributed by atoms with Crippen LogP contribution in [0.4, 0.5) is 0 Å². The van der Waals surface area contributed by atoms with Crippen molar-refractivity contribution in [1.82, 2.24) is 0 Å². The first-order valence-electron chi connectivity index (χ1n) is 7.05. The molecular weight excluding hydrogens is 228 g/mol. The summed E-state index contributed by atoms with van der Waals surface area (Å²) in [5, 5.41) is 5.41. The molecule has 3 aromatic carbocycles. The van der Waals surface area contributed by atoms with Gasteiger partial charge in [0.05, 0.1) is 0 Å². The Bertz CT molecular complexity index is 735. The van der Waals surface area contributed by atoms with E-state index >= 15 is 0 Å². The number of hydrogen-bond donors (Lipinski definition) is 0. The molecule has 0 bridgehead atoms. The SMILES string of the molecule is Cc1cc(CC(C)C)cc2cc3ccccc3cc12. The summed E-state index contributed by atoms with van der Waals surface area (Å²) in [5.74, 6) is 0.706. The monoisotopic (exact) mass is 248 g/mol. The molecule has 0 aliphatic heterocycles. The van der Waals surface area contributed by atoms with Gasteiger partial charge in [-0.3, -0.25) is 0 Å². The van der Waals surface area contributed by atoms with Gasteiger partial charge in [0.25, 0.3) is 0 Å². The van der Waals surface area contributed by atoms with Gasteiger partial charge in [-0.25, -0.2) is 0 Å². The fourth-order valence-corrected chi connectivity index (χ4v) is 2.91. The lowest BCUT2D eigenvalue weighted by atomic mass is 9.94. The molecule has 0 heterocycles. The van der Waals surface area contributed by atoms with Crippen molar-refractivity contribution >= 4 is 21.5 Å². The quantitative estimate of drug-likeness (QED) is 0.525. The van der Waals surface area contributed by atoms with Crippen molar-refractivity contribution in [3.8, 4) is 0 Å². The summed E-state index contributed by atoms with van der Waals surface area (Å²) in [4.78, 5) is 0. The van der Waals surface area contributed by atoms with Gasteiger partial charge in [0.1, 0.15) is 0 Å². The van der Waals surface area contributed by atoms with Crippen molar-refractivity contribution in [3.63, 3.8) is 0 Å². The van der Waals surface area contributed by atoms with Crippen LogP contribution < -0.4 is 0 Å². The van der Waals surface area contributed by atoms with Gasteiger partial charge >= 0.3 is 0 Å². The zero-order valence-corrected chi connectivity index (χ0v) is 11.9. The van der Waals surface area contributed by atoms with Crippen LogP contribution in [0, 0.1) is 12.8 Å². The third-order valence-electron chi connectivity index (χ3n) is 3.73. The Kier molecular flexibility index (Phi) is 3.02. The second-order valence-electron chi connectivity index (χ2n) is 5.93. The summed E-state index contributed by atoms with van der Waals surface area (Å²) in [7, 11) is 0. The molecule has 96 valence electrons. The van der Waals surface area contributed by atoms with E-state index in [1.165, 1.54) is 32.7 Å². The highest BCUT2D eigenvalue weighted by atomic mass is 14.1. The van der Waals surface area contributed by atoms with E-state index in [4.69, 9.17) is 0 Å². The molecule has 0 aromatic heterocycles. The van der Waals surface area contributed by atoms with Crippen molar-refractivity contribution in [2.75, 3.05) is 0 Å². The number of benzene rings is 3. The number of rotatable bonds is 2. The van der Waals surface area contributed by atoms with Gasteiger partial charge in [-0.1, -0.05) is 50.2 Å². The van der Waals surface area contributed by atoms with Gasteiger partial charge in [-0.05, 0) is 64.1 Å². The van der Waals surface area contributed by atoms with E-state index < -0.39 is 0 Å². The summed E-state index contributed by atoms with van der Waals surface area (Å²) in [6, 6.07) is 17.9. The fraction of sp³-hybridized carbons (Fsp3) is 0.263. The maximum Gasteiger partial charge on any atom is -0.0148 e. The maximum atomic E-state index is 2.36. The number of fused-ring (bicyclic) bond motifs is 2. The fourth-order valence-electron chi connectivity index (χ4n) is 2.91. The largest absolute Gasteiger partial charge is 0.0625 e. The normalized spacial score (nSPS) is 11.6. The molecule has 0 heteroatoms. The van der Waals surface area contributed by atoms with Crippen LogP contribution in [0.15, 0.2) is 48.5 Å². The van der Waals surface area contributed by atoms with Gasteiger partial charge < -0.3 is 0 Å². The summed E-state index contributed by atoms with van der Waals surface area (Å²) >= 11 is 0. The smallest absolute Gasteiger partial charge is 0.0148 e. The molecule has 0 radical (unpaired) electrons. The Labute approximate surface area is 115 Å². The highest BCUT2D eigenvalue weighted by Crippen LogP contribution is 2.27.